The largest absolute Gasteiger partial charge is 0.381 e. The molecule has 0 amide bonds. The maximum Gasteiger partial charge on any atom is 0.0510 e. The molecule has 0 aromatic carbocycles. The first-order valence-corrected chi connectivity index (χ1v) is 7.78. The third kappa shape index (κ3) is 7.25. The molecule has 1 aliphatic heterocycles. The fraction of sp³-hybridized carbons (Fsp3) is 1.00. The van der Waals surface area contributed by atoms with Gasteiger partial charge in [-0.1, -0.05) is 6.92 Å². The molecule has 0 aromatic rings. The highest BCUT2D eigenvalue weighted by molar-refractivity contribution is 4.81. The van der Waals surface area contributed by atoms with Crippen LogP contribution in [0.3, 0.4) is 0 Å². The second-order valence-electron chi connectivity index (χ2n) is 6.10. The predicted molar refractivity (Wildman–Crippen MR) is 81.7 cm³/mol. The Labute approximate surface area is 119 Å². The summed E-state index contributed by atoms with van der Waals surface area (Å²) in [5.74, 6) is 0.697. The molecule has 1 heterocycles. The molecule has 0 saturated carbocycles. The molecular weight excluding hydrogens is 238 g/mol. The molecule has 114 valence electrons. The van der Waals surface area contributed by atoms with Crippen molar-refractivity contribution in [3.63, 3.8) is 0 Å². The average Bonchev–Trinajstić information content (AvgIpc) is 2.87. The number of hydrogen-bond acceptors (Lipinski definition) is 4. The number of nitrogens with zero attached hydrogens (tertiary/aromatic N) is 2. The lowest BCUT2D eigenvalue weighted by molar-refractivity contribution is 0.165. The summed E-state index contributed by atoms with van der Waals surface area (Å²) < 4.78 is 5.55. The van der Waals surface area contributed by atoms with Crippen LogP contribution in [0.2, 0.25) is 0 Å². The lowest BCUT2D eigenvalue weighted by atomic mass is 9.98. The summed E-state index contributed by atoms with van der Waals surface area (Å²) in [7, 11) is 6.52. The Kier molecular flexibility index (Phi) is 8.62. The summed E-state index contributed by atoms with van der Waals surface area (Å²) in [6, 6.07) is 0.590. The molecule has 0 aliphatic carbocycles. The Bertz CT molecular complexity index is 217. The Morgan fingerprint density at radius 2 is 2.05 bits per heavy atom. The van der Waals surface area contributed by atoms with Crippen molar-refractivity contribution in [2.45, 2.75) is 32.2 Å². The minimum atomic E-state index is 0.590. The monoisotopic (exact) mass is 271 g/mol. The highest BCUT2D eigenvalue weighted by Crippen LogP contribution is 2.17. The van der Waals surface area contributed by atoms with Crippen molar-refractivity contribution < 1.29 is 4.74 Å². The molecule has 2 atom stereocenters. The fourth-order valence-corrected chi connectivity index (χ4v) is 2.66. The van der Waals surface area contributed by atoms with Crippen molar-refractivity contribution in [1.82, 2.24) is 15.1 Å². The third-order valence-electron chi connectivity index (χ3n) is 3.84. The number of hydrogen-bond donors (Lipinski definition) is 1. The lowest BCUT2D eigenvalue weighted by Gasteiger charge is -2.29. The molecule has 1 N–H and O–H groups in total. The van der Waals surface area contributed by atoms with Gasteiger partial charge in [0.05, 0.1) is 6.61 Å². The number of ether oxygens (including phenoxy) is 1. The van der Waals surface area contributed by atoms with Gasteiger partial charge in [-0.2, -0.15) is 0 Å². The van der Waals surface area contributed by atoms with Crippen molar-refractivity contribution in [3.8, 4) is 0 Å². The van der Waals surface area contributed by atoms with Crippen LogP contribution in [0.1, 0.15) is 26.2 Å². The minimum absolute atomic E-state index is 0.590. The molecule has 0 spiro atoms. The highest BCUT2D eigenvalue weighted by Gasteiger charge is 2.25. The van der Waals surface area contributed by atoms with Crippen molar-refractivity contribution >= 4 is 0 Å². The van der Waals surface area contributed by atoms with E-state index in [0.29, 0.717) is 12.0 Å². The van der Waals surface area contributed by atoms with Crippen LogP contribution in [-0.4, -0.2) is 76.4 Å². The average molecular weight is 271 g/mol. The Morgan fingerprint density at radius 3 is 2.63 bits per heavy atom. The number of rotatable bonds is 10. The molecule has 1 rings (SSSR count). The van der Waals surface area contributed by atoms with Gasteiger partial charge in [0, 0.05) is 25.1 Å². The summed E-state index contributed by atoms with van der Waals surface area (Å²) in [6.07, 6.45) is 3.66. The first-order valence-electron chi connectivity index (χ1n) is 7.78. The minimum Gasteiger partial charge on any atom is -0.381 e. The smallest absolute Gasteiger partial charge is 0.0510 e. The zero-order chi connectivity index (χ0) is 14.1. The molecule has 4 heteroatoms. The van der Waals surface area contributed by atoms with E-state index in [1.807, 2.05) is 0 Å². The zero-order valence-corrected chi connectivity index (χ0v) is 13.3. The van der Waals surface area contributed by atoms with Gasteiger partial charge in [0.15, 0.2) is 0 Å². The summed E-state index contributed by atoms with van der Waals surface area (Å²) in [4.78, 5) is 4.72. The van der Waals surface area contributed by atoms with Crippen LogP contribution < -0.4 is 5.32 Å². The Balaban J connectivity index is 2.29. The molecule has 0 radical (unpaired) electrons. The van der Waals surface area contributed by atoms with Crippen molar-refractivity contribution in [2.75, 3.05) is 60.5 Å². The van der Waals surface area contributed by atoms with Gasteiger partial charge in [-0.3, -0.25) is 0 Å². The van der Waals surface area contributed by atoms with Gasteiger partial charge < -0.3 is 19.9 Å². The third-order valence-corrected chi connectivity index (χ3v) is 3.84. The van der Waals surface area contributed by atoms with Crippen LogP contribution in [0.5, 0.6) is 0 Å². The van der Waals surface area contributed by atoms with Crippen LogP contribution in [0.25, 0.3) is 0 Å². The van der Waals surface area contributed by atoms with Gasteiger partial charge in [-0.05, 0) is 60.0 Å². The van der Waals surface area contributed by atoms with Gasteiger partial charge >= 0.3 is 0 Å². The molecule has 4 nitrogen and oxygen atoms in total. The van der Waals surface area contributed by atoms with Gasteiger partial charge in [0.2, 0.25) is 0 Å². The topological polar surface area (TPSA) is 27.7 Å². The van der Waals surface area contributed by atoms with E-state index in [1.165, 1.54) is 32.4 Å². The van der Waals surface area contributed by atoms with Gasteiger partial charge in [-0.25, -0.2) is 0 Å². The van der Waals surface area contributed by atoms with Gasteiger partial charge in [0.1, 0.15) is 0 Å². The van der Waals surface area contributed by atoms with Gasteiger partial charge in [0.25, 0.3) is 0 Å². The van der Waals surface area contributed by atoms with Crippen LogP contribution >= 0.6 is 0 Å². The lowest BCUT2D eigenvalue weighted by Crippen LogP contribution is -2.45. The second kappa shape index (κ2) is 9.70. The van der Waals surface area contributed by atoms with E-state index in [0.717, 1.165) is 26.3 Å². The van der Waals surface area contributed by atoms with E-state index >= 15 is 0 Å². The molecule has 1 saturated heterocycles. The summed E-state index contributed by atoms with van der Waals surface area (Å²) in [6.45, 7) is 8.72. The van der Waals surface area contributed by atoms with E-state index in [4.69, 9.17) is 4.74 Å². The molecular formula is C15H33N3O. The normalized spacial score (nSPS) is 21.5. The molecule has 19 heavy (non-hydrogen) atoms. The maximum absolute atomic E-state index is 5.55. The molecule has 2 unspecified atom stereocenters. The predicted octanol–water partition coefficient (Wildman–Crippen LogP) is 1.27. The standard InChI is InChI=1S/C15H33N3O/c1-5-8-16-15(14-7-11-19-13-14)12-18(4)10-6-9-17(2)3/h14-16H,5-13H2,1-4H3. The fourth-order valence-electron chi connectivity index (χ4n) is 2.66. The van der Waals surface area contributed by atoms with E-state index in [9.17, 15) is 0 Å². The molecule has 0 bridgehead atoms. The first-order chi connectivity index (χ1) is 9.13. The molecule has 1 fully saturated rings. The molecule has 0 aromatic heterocycles. The van der Waals surface area contributed by atoms with Gasteiger partial charge in [-0.15, -0.1) is 0 Å². The summed E-state index contributed by atoms with van der Waals surface area (Å²) in [5.41, 5.74) is 0. The van der Waals surface area contributed by atoms with E-state index in [2.05, 4.69) is 43.2 Å². The summed E-state index contributed by atoms with van der Waals surface area (Å²) >= 11 is 0. The van der Waals surface area contributed by atoms with Crippen molar-refractivity contribution in [1.29, 1.82) is 0 Å². The SMILES string of the molecule is CCCNC(CN(C)CCCN(C)C)C1CCOC1. The van der Waals surface area contributed by atoms with E-state index < -0.39 is 0 Å². The van der Waals surface area contributed by atoms with Crippen LogP contribution in [0.4, 0.5) is 0 Å². The molecule has 1 aliphatic rings. The van der Waals surface area contributed by atoms with Crippen molar-refractivity contribution in [3.05, 3.63) is 0 Å². The quantitative estimate of drug-likeness (QED) is 0.648. The Hall–Kier alpha value is -0.160. The highest BCUT2D eigenvalue weighted by atomic mass is 16.5. The number of likely N-dealkylation sites (N-methyl/N-ethyl adjacent to an activating group) is 1. The zero-order valence-electron chi connectivity index (χ0n) is 13.3. The van der Waals surface area contributed by atoms with Crippen LogP contribution in [0, 0.1) is 5.92 Å². The first kappa shape index (κ1) is 16.9. The maximum atomic E-state index is 5.55. The van der Waals surface area contributed by atoms with E-state index in [1.54, 1.807) is 0 Å². The second-order valence-corrected chi connectivity index (χ2v) is 6.10. The van der Waals surface area contributed by atoms with E-state index in [-0.39, 0.29) is 0 Å². The summed E-state index contributed by atoms with van der Waals surface area (Å²) in [5, 5.41) is 3.71. The number of nitrogens with one attached hydrogen (secondary N) is 1. The van der Waals surface area contributed by atoms with Crippen LogP contribution in [0.15, 0.2) is 0 Å². The van der Waals surface area contributed by atoms with Crippen LogP contribution in [-0.2, 0) is 4.74 Å². The Morgan fingerprint density at radius 1 is 1.26 bits per heavy atom. The van der Waals surface area contributed by atoms with Crippen molar-refractivity contribution in [2.24, 2.45) is 5.92 Å².